The molecule has 0 aromatic carbocycles. The van der Waals surface area contributed by atoms with Crippen molar-refractivity contribution in [2.24, 2.45) is 5.92 Å². The first-order chi connectivity index (χ1) is 10.4. The molecule has 1 saturated carbocycles. The van der Waals surface area contributed by atoms with E-state index in [1.54, 1.807) is 6.20 Å². The first-order valence-corrected chi connectivity index (χ1v) is 8.24. The minimum absolute atomic E-state index is 0.0336. The van der Waals surface area contributed by atoms with Gasteiger partial charge >= 0.3 is 12.2 Å². The van der Waals surface area contributed by atoms with Gasteiger partial charge in [-0.3, -0.25) is 0 Å². The van der Waals surface area contributed by atoms with Crippen LogP contribution in [0.1, 0.15) is 42.5 Å². The Kier molecular flexibility index (Phi) is 5.66. The molecule has 0 saturated heterocycles. The lowest BCUT2D eigenvalue weighted by molar-refractivity contribution is -0.183. The van der Waals surface area contributed by atoms with Gasteiger partial charge in [0.15, 0.2) is 0 Å². The van der Waals surface area contributed by atoms with E-state index in [1.807, 2.05) is 6.92 Å². The molecule has 124 valence electrons. The number of nitrogens with zero attached hydrogens (tertiary/aromatic N) is 1. The Bertz CT molecular complexity index is 504. The number of carbonyl (C=O) groups excluding carboxylic acids is 1. The van der Waals surface area contributed by atoms with Crippen LogP contribution in [0.3, 0.4) is 0 Å². The minimum atomic E-state index is -4.17. The summed E-state index contributed by atoms with van der Waals surface area (Å²) in [5.74, 6) is -1.31. The van der Waals surface area contributed by atoms with Gasteiger partial charge in [0.1, 0.15) is 5.01 Å². The first-order valence-electron chi connectivity index (χ1n) is 7.43. The molecular weight excluding hydrogens is 315 g/mol. The lowest BCUT2D eigenvalue weighted by atomic mass is 9.85. The van der Waals surface area contributed by atoms with Gasteiger partial charge in [0.05, 0.1) is 12.5 Å². The first kappa shape index (κ1) is 17.1. The highest BCUT2D eigenvalue weighted by molar-refractivity contribution is 7.11. The summed E-state index contributed by atoms with van der Waals surface area (Å²) in [5.41, 5.74) is 0. The van der Waals surface area contributed by atoms with Crippen LogP contribution in [-0.2, 0) is 13.0 Å². The van der Waals surface area contributed by atoms with E-state index < -0.39 is 24.2 Å². The van der Waals surface area contributed by atoms with E-state index in [0.717, 1.165) is 16.3 Å². The van der Waals surface area contributed by atoms with E-state index in [1.165, 1.54) is 11.3 Å². The number of hydrogen-bond acceptors (Lipinski definition) is 3. The SMILES string of the molecule is CCc1cnc(CNC(=O)N[C@H]2CCC[C@H](C(F)(F)F)C2)s1. The van der Waals surface area contributed by atoms with Crippen molar-refractivity contribution in [3.8, 4) is 0 Å². The zero-order chi connectivity index (χ0) is 16.2. The third kappa shape index (κ3) is 4.86. The summed E-state index contributed by atoms with van der Waals surface area (Å²) in [6.45, 7) is 2.32. The van der Waals surface area contributed by atoms with Crippen molar-refractivity contribution in [2.45, 2.75) is 57.8 Å². The molecule has 0 unspecified atom stereocenters. The number of aryl methyl sites for hydroxylation is 1. The Morgan fingerprint density at radius 3 is 2.86 bits per heavy atom. The second kappa shape index (κ2) is 7.30. The van der Waals surface area contributed by atoms with Gasteiger partial charge < -0.3 is 10.6 Å². The summed E-state index contributed by atoms with van der Waals surface area (Å²) >= 11 is 1.52. The quantitative estimate of drug-likeness (QED) is 0.883. The highest BCUT2D eigenvalue weighted by Gasteiger charge is 2.42. The normalized spacial score (nSPS) is 22.4. The summed E-state index contributed by atoms with van der Waals surface area (Å²) in [6, 6.07) is -0.844. The topological polar surface area (TPSA) is 54.0 Å². The summed E-state index contributed by atoms with van der Waals surface area (Å²) in [7, 11) is 0. The van der Waals surface area contributed by atoms with Crippen LogP contribution in [0.2, 0.25) is 0 Å². The van der Waals surface area contributed by atoms with Gasteiger partial charge in [-0.2, -0.15) is 13.2 Å². The van der Waals surface area contributed by atoms with Gasteiger partial charge in [-0.05, 0) is 25.7 Å². The van der Waals surface area contributed by atoms with E-state index in [2.05, 4.69) is 15.6 Å². The molecule has 2 amide bonds. The fraction of sp³-hybridized carbons (Fsp3) is 0.714. The summed E-state index contributed by atoms with van der Waals surface area (Å²) in [4.78, 5) is 17.1. The number of halogens is 3. The molecule has 1 fully saturated rings. The second-order valence-electron chi connectivity index (χ2n) is 5.50. The smallest absolute Gasteiger partial charge is 0.335 e. The largest absolute Gasteiger partial charge is 0.391 e. The number of hydrogen-bond donors (Lipinski definition) is 2. The van der Waals surface area contributed by atoms with Crippen LogP contribution in [-0.4, -0.2) is 23.2 Å². The molecule has 0 spiro atoms. The van der Waals surface area contributed by atoms with Crippen molar-refractivity contribution in [2.75, 3.05) is 0 Å². The molecule has 2 rings (SSSR count). The van der Waals surface area contributed by atoms with Crippen molar-refractivity contribution in [1.82, 2.24) is 15.6 Å². The predicted molar refractivity (Wildman–Crippen MR) is 78.7 cm³/mol. The van der Waals surface area contributed by atoms with Crippen molar-refractivity contribution in [3.63, 3.8) is 0 Å². The maximum absolute atomic E-state index is 12.7. The molecule has 0 bridgehead atoms. The number of aromatic nitrogens is 1. The van der Waals surface area contributed by atoms with Gasteiger partial charge in [0.25, 0.3) is 0 Å². The number of thiazole rings is 1. The van der Waals surface area contributed by atoms with Crippen LogP contribution < -0.4 is 10.6 Å². The molecule has 8 heteroatoms. The zero-order valence-electron chi connectivity index (χ0n) is 12.4. The standard InChI is InChI=1S/C14H20F3N3OS/c1-2-11-7-18-12(22-11)8-19-13(21)20-10-5-3-4-9(6-10)14(15,16)17/h7,9-10H,2-6,8H2,1H3,(H2,19,20,21)/t9-,10-/m0/s1. The van der Waals surface area contributed by atoms with Gasteiger partial charge in [-0.1, -0.05) is 13.3 Å². The lowest BCUT2D eigenvalue weighted by Gasteiger charge is -2.30. The molecule has 2 atom stereocenters. The summed E-state index contributed by atoms with van der Waals surface area (Å²) in [6.07, 6.45) is -0.303. The number of urea groups is 1. The Morgan fingerprint density at radius 1 is 1.45 bits per heavy atom. The molecule has 1 aromatic heterocycles. The molecule has 4 nitrogen and oxygen atoms in total. The average molecular weight is 335 g/mol. The lowest BCUT2D eigenvalue weighted by Crippen LogP contribution is -2.45. The third-order valence-electron chi connectivity index (χ3n) is 3.82. The van der Waals surface area contributed by atoms with Gasteiger partial charge in [-0.15, -0.1) is 11.3 Å². The number of alkyl halides is 3. The van der Waals surface area contributed by atoms with E-state index in [0.29, 0.717) is 19.4 Å². The van der Waals surface area contributed by atoms with E-state index in [-0.39, 0.29) is 12.8 Å². The average Bonchev–Trinajstić information content (AvgIpc) is 2.92. The van der Waals surface area contributed by atoms with Crippen LogP contribution in [0.5, 0.6) is 0 Å². The van der Waals surface area contributed by atoms with Crippen LogP contribution in [0.25, 0.3) is 0 Å². The molecule has 1 aliphatic carbocycles. The zero-order valence-corrected chi connectivity index (χ0v) is 13.2. The molecule has 0 aliphatic heterocycles. The fourth-order valence-corrected chi connectivity index (χ4v) is 3.41. The van der Waals surface area contributed by atoms with E-state index in [9.17, 15) is 18.0 Å². The Hall–Kier alpha value is -1.31. The maximum atomic E-state index is 12.7. The summed E-state index contributed by atoms with van der Waals surface area (Å²) < 4.78 is 38.2. The van der Waals surface area contributed by atoms with E-state index in [4.69, 9.17) is 0 Å². The van der Waals surface area contributed by atoms with Crippen molar-refractivity contribution >= 4 is 17.4 Å². The minimum Gasteiger partial charge on any atom is -0.335 e. The van der Waals surface area contributed by atoms with Crippen molar-refractivity contribution < 1.29 is 18.0 Å². The Balaban J connectivity index is 1.76. The summed E-state index contributed by atoms with van der Waals surface area (Å²) in [5, 5.41) is 6.09. The van der Waals surface area contributed by atoms with Gasteiger partial charge in [0.2, 0.25) is 0 Å². The fourth-order valence-electron chi connectivity index (χ4n) is 2.60. The van der Waals surface area contributed by atoms with Gasteiger partial charge in [-0.25, -0.2) is 9.78 Å². The molecule has 1 aromatic rings. The number of carbonyl (C=O) groups is 1. The van der Waals surface area contributed by atoms with Gasteiger partial charge in [0, 0.05) is 17.1 Å². The third-order valence-corrected chi connectivity index (χ3v) is 4.96. The van der Waals surface area contributed by atoms with E-state index >= 15 is 0 Å². The van der Waals surface area contributed by atoms with Crippen molar-refractivity contribution in [1.29, 1.82) is 0 Å². The molecule has 0 radical (unpaired) electrons. The van der Waals surface area contributed by atoms with Crippen LogP contribution in [0, 0.1) is 5.92 Å². The van der Waals surface area contributed by atoms with Crippen molar-refractivity contribution in [3.05, 3.63) is 16.1 Å². The molecular formula is C14H20F3N3OS. The maximum Gasteiger partial charge on any atom is 0.391 e. The molecule has 22 heavy (non-hydrogen) atoms. The van der Waals surface area contributed by atoms with Crippen LogP contribution >= 0.6 is 11.3 Å². The Morgan fingerprint density at radius 2 is 2.23 bits per heavy atom. The highest BCUT2D eigenvalue weighted by Crippen LogP contribution is 2.37. The second-order valence-corrected chi connectivity index (χ2v) is 6.70. The number of nitrogens with one attached hydrogen (secondary N) is 2. The molecule has 2 N–H and O–H groups in total. The predicted octanol–water partition coefficient (Wildman–Crippen LogP) is 3.63. The number of amides is 2. The monoisotopic (exact) mass is 335 g/mol. The Labute approximate surface area is 131 Å². The van der Waals surface area contributed by atoms with Crippen LogP contribution in [0.15, 0.2) is 6.20 Å². The number of rotatable bonds is 4. The molecule has 1 heterocycles. The van der Waals surface area contributed by atoms with Crippen LogP contribution in [0.4, 0.5) is 18.0 Å². The molecule has 1 aliphatic rings. The highest BCUT2D eigenvalue weighted by atomic mass is 32.1.